The second-order valence-electron chi connectivity index (χ2n) is 7.88. The Morgan fingerprint density at radius 2 is 1.58 bits per heavy atom. The van der Waals surface area contributed by atoms with E-state index >= 15 is 0 Å². The van der Waals surface area contributed by atoms with Crippen molar-refractivity contribution in [1.29, 1.82) is 0 Å². The first-order chi connectivity index (χ1) is 15.8. The molecule has 2 amide bonds. The maximum Gasteiger partial charge on any atom is 0.276 e. The van der Waals surface area contributed by atoms with Crippen LogP contribution in [-0.4, -0.2) is 23.5 Å². The Labute approximate surface area is 199 Å². The van der Waals surface area contributed by atoms with Crippen molar-refractivity contribution in [2.24, 2.45) is 0 Å². The Morgan fingerprint density at radius 1 is 0.909 bits per heavy atom. The van der Waals surface area contributed by atoms with Gasteiger partial charge in [-0.15, -0.1) is 0 Å². The van der Waals surface area contributed by atoms with Crippen molar-refractivity contribution in [2.75, 3.05) is 6.61 Å². The van der Waals surface area contributed by atoms with Crippen LogP contribution in [0.25, 0.3) is 11.1 Å². The average molecular weight is 462 g/mol. The van der Waals surface area contributed by atoms with E-state index in [1.54, 1.807) is 12.1 Å². The Balaban J connectivity index is 1.47. The molecule has 0 saturated heterocycles. The fourth-order valence-corrected chi connectivity index (χ4v) is 3.34. The maximum absolute atomic E-state index is 12.4. The van der Waals surface area contributed by atoms with Gasteiger partial charge in [0.1, 0.15) is 5.75 Å². The number of carbonyl (C=O) groups excluding carboxylic acids is 2. The lowest BCUT2D eigenvalue weighted by molar-refractivity contribution is -0.123. The number of thiocarbonyl (C=S) groups is 1. The molecule has 0 aliphatic rings. The minimum absolute atomic E-state index is 0.0149. The van der Waals surface area contributed by atoms with Gasteiger partial charge in [-0.3, -0.25) is 25.8 Å². The highest BCUT2D eigenvalue weighted by molar-refractivity contribution is 7.80. The van der Waals surface area contributed by atoms with Gasteiger partial charge in [-0.1, -0.05) is 68.4 Å². The second kappa shape index (κ2) is 11.2. The largest absolute Gasteiger partial charge is 0.483 e. The summed E-state index contributed by atoms with van der Waals surface area (Å²) in [6.45, 7) is 5.91. The lowest BCUT2D eigenvalue weighted by atomic mass is 10.0. The number of ether oxygens (including phenoxy) is 1. The summed E-state index contributed by atoms with van der Waals surface area (Å²) in [5.41, 5.74) is 9.57. The predicted molar refractivity (Wildman–Crippen MR) is 134 cm³/mol. The van der Waals surface area contributed by atoms with Crippen molar-refractivity contribution in [3.05, 3.63) is 89.5 Å². The van der Waals surface area contributed by atoms with E-state index in [1.165, 1.54) is 0 Å². The summed E-state index contributed by atoms with van der Waals surface area (Å²) in [4.78, 5) is 24.6. The molecule has 3 aromatic rings. The number of nitrogens with one attached hydrogen (secondary N) is 3. The van der Waals surface area contributed by atoms with Crippen LogP contribution in [0.3, 0.4) is 0 Å². The van der Waals surface area contributed by atoms with Crippen molar-refractivity contribution < 1.29 is 14.3 Å². The molecule has 3 rings (SSSR count). The molecular weight excluding hydrogens is 434 g/mol. The summed E-state index contributed by atoms with van der Waals surface area (Å²) in [5.74, 6) is 0.148. The van der Waals surface area contributed by atoms with E-state index in [1.807, 2.05) is 67.6 Å². The summed E-state index contributed by atoms with van der Waals surface area (Å²) < 4.78 is 5.69. The van der Waals surface area contributed by atoms with Crippen molar-refractivity contribution >= 4 is 29.1 Å². The van der Waals surface area contributed by atoms with Crippen molar-refractivity contribution in [3.63, 3.8) is 0 Å². The number of aryl methyl sites for hydroxylation is 1. The number of hydrogen-bond acceptors (Lipinski definition) is 4. The highest BCUT2D eigenvalue weighted by Gasteiger charge is 2.12. The first-order valence-corrected chi connectivity index (χ1v) is 11.0. The number of hydrogen-bond donors (Lipinski definition) is 3. The lowest BCUT2D eigenvalue weighted by Gasteiger charge is -2.15. The van der Waals surface area contributed by atoms with Crippen LogP contribution in [0.4, 0.5) is 0 Å². The summed E-state index contributed by atoms with van der Waals surface area (Å²) in [6, 6.07) is 23.0. The van der Waals surface area contributed by atoms with E-state index < -0.39 is 5.91 Å². The molecule has 3 aromatic carbocycles. The monoisotopic (exact) mass is 461 g/mol. The molecule has 0 aliphatic heterocycles. The quantitative estimate of drug-likeness (QED) is 0.372. The number of carbonyl (C=O) groups is 2. The second-order valence-corrected chi connectivity index (χ2v) is 8.29. The zero-order chi connectivity index (χ0) is 23.8. The molecule has 0 unspecified atom stereocenters. The molecule has 0 atom stereocenters. The van der Waals surface area contributed by atoms with Crippen LogP contribution in [-0.2, 0) is 4.79 Å². The van der Waals surface area contributed by atoms with Gasteiger partial charge in [-0.05, 0) is 65.5 Å². The molecule has 33 heavy (non-hydrogen) atoms. The van der Waals surface area contributed by atoms with Gasteiger partial charge in [0, 0.05) is 5.56 Å². The molecule has 0 saturated carbocycles. The molecule has 3 N–H and O–H groups in total. The maximum atomic E-state index is 12.4. The van der Waals surface area contributed by atoms with Crippen LogP contribution in [0.5, 0.6) is 5.75 Å². The minimum atomic E-state index is -0.421. The van der Waals surface area contributed by atoms with E-state index in [2.05, 4.69) is 30.0 Å². The van der Waals surface area contributed by atoms with E-state index in [4.69, 9.17) is 17.0 Å². The van der Waals surface area contributed by atoms with Crippen molar-refractivity contribution in [1.82, 2.24) is 16.2 Å². The summed E-state index contributed by atoms with van der Waals surface area (Å²) >= 11 is 5.10. The van der Waals surface area contributed by atoms with E-state index in [9.17, 15) is 9.59 Å². The third kappa shape index (κ3) is 6.89. The van der Waals surface area contributed by atoms with E-state index in [0.29, 0.717) is 11.3 Å². The highest BCUT2D eigenvalue weighted by atomic mass is 32.1. The van der Waals surface area contributed by atoms with Gasteiger partial charge in [0.05, 0.1) is 0 Å². The Kier molecular flexibility index (Phi) is 8.16. The third-order valence-corrected chi connectivity index (χ3v) is 5.15. The van der Waals surface area contributed by atoms with Crippen LogP contribution >= 0.6 is 12.2 Å². The number of amides is 2. The van der Waals surface area contributed by atoms with Gasteiger partial charge < -0.3 is 4.74 Å². The lowest BCUT2D eigenvalue weighted by Crippen LogP contribution is -2.49. The molecule has 0 spiro atoms. The number of rotatable bonds is 6. The van der Waals surface area contributed by atoms with Crippen molar-refractivity contribution in [3.8, 4) is 16.9 Å². The molecule has 0 radical (unpaired) electrons. The SMILES string of the molecule is Cc1ccc(C(C)C)c(OCC(=O)NNC(=S)NC(=O)c2ccc(-c3ccccc3)cc2)c1. The van der Waals surface area contributed by atoms with Gasteiger partial charge in [0.2, 0.25) is 0 Å². The van der Waals surface area contributed by atoms with Gasteiger partial charge in [-0.2, -0.15) is 0 Å². The van der Waals surface area contributed by atoms with Crippen LogP contribution in [0, 0.1) is 6.92 Å². The zero-order valence-corrected chi connectivity index (χ0v) is 19.7. The Bertz CT molecular complexity index is 1130. The van der Waals surface area contributed by atoms with Gasteiger partial charge in [-0.25, -0.2) is 0 Å². The predicted octanol–water partition coefficient (Wildman–Crippen LogP) is 4.50. The van der Waals surface area contributed by atoms with E-state index in [0.717, 1.165) is 22.3 Å². The summed E-state index contributed by atoms with van der Waals surface area (Å²) in [5, 5.41) is 2.53. The number of hydrazine groups is 1. The van der Waals surface area contributed by atoms with E-state index in [-0.39, 0.29) is 23.5 Å². The fourth-order valence-electron chi connectivity index (χ4n) is 3.20. The topological polar surface area (TPSA) is 79.5 Å². The van der Waals surface area contributed by atoms with Gasteiger partial charge in [0.25, 0.3) is 11.8 Å². The molecule has 0 fully saturated rings. The van der Waals surface area contributed by atoms with Crippen LogP contribution in [0.15, 0.2) is 72.8 Å². The standard InChI is InChI=1S/C26H27N3O3S/c1-17(2)22-14-9-18(3)15-23(22)32-16-24(30)28-29-26(33)27-25(31)21-12-10-20(11-13-21)19-7-5-4-6-8-19/h4-15,17H,16H2,1-3H3,(H,28,30)(H2,27,29,31,33). The molecule has 7 heteroatoms. The summed E-state index contributed by atoms with van der Waals surface area (Å²) in [7, 11) is 0. The first-order valence-electron chi connectivity index (χ1n) is 10.6. The zero-order valence-electron chi connectivity index (χ0n) is 18.8. The van der Waals surface area contributed by atoms with Crippen LogP contribution < -0.4 is 20.9 Å². The fraction of sp³-hybridized carbons (Fsp3) is 0.192. The van der Waals surface area contributed by atoms with Crippen LogP contribution in [0.1, 0.15) is 41.3 Å². The van der Waals surface area contributed by atoms with Crippen LogP contribution in [0.2, 0.25) is 0 Å². The van der Waals surface area contributed by atoms with Gasteiger partial charge >= 0.3 is 0 Å². The Morgan fingerprint density at radius 3 is 2.24 bits per heavy atom. The molecule has 6 nitrogen and oxygen atoms in total. The average Bonchev–Trinajstić information content (AvgIpc) is 2.82. The molecule has 0 heterocycles. The summed E-state index contributed by atoms with van der Waals surface area (Å²) in [6.07, 6.45) is 0. The third-order valence-electron chi connectivity index (χ3n) is 4.95. The van der Waals surface area contributed by atoms with Crippen molar-refractivity contribution in [2.45, 2.75) is 26.7 Å². The minimum Gasteiger partial charge on any atom is -0.483 e. The molecule has 0 aromatic heterocycles. The molecule has 0 bridgehead atoms. The molecular formula is C26H27N3O3S. The highest BCUT2D eigenvalue weighted by Crippen LogP contribution is 2.27. The smallest absolute Gasteiger partial charge is 0.276 e. The normalized spacial score (nSPS) is 10.4. The number of benzene rings is 3. The van der Waals surface area contributed by atoms with Gasteiger partial charge in [0.15, 0.2) is 11.7 Å². The first kappa shape index (κ1) is 23.9. The molecule has 0 aliphatic carbocycles. The molecule has 170 valence electrons. The Hall–Kier alpha value is -3.71.